The molecule has 1 saturated heterocycles. The van der Waals surface area contributed by atoms with Crippen LogP contribution in [-0.2, 0) is 14.3 Å². The number of morpholine rings is 1. The molecule has 1 aliphatic rings. The normalized spacial score (nSPS) is 18.9. The first-order valence-electron chi connectivity index (χ1n) is 8.08. The summed E-state index contributed by atoms with van der Waals surface area (Å²) in [6, 6.07) is 5.50. The molecule has 1 amide bonds. The summed E-state index contributed by atoms with van der Waals surface area (Å²) >= 11 is 0. The molecule has 1 aliphatic heterocycles. The van der Waals surface area contributed by atoms with Crippen LogP contribution in [0.5, 0.6) is 5.75 Å². The second-order valence-corrected chi connectivity index (χ2v) is 6.08. The fraction of sp³-hybridized carbons (Fsp3) is 0.529. The van der Waals surface area contributed by atoms with Gasteiger partial charge in [-0.15, -0.1) is 0 Å². The van der Waals surface area contributed by atoms with Crippen molar-refractivity contribution >= 4 is 11.9 Å². The van der Waals surface area contributed by atoms with Crippen LogP contribution >= 0.6 is 0 Å². The Morgan fingerprint density at radius 1 is 1.44 bits per heavy atom. The van der Waals surface area contributed by atoms with Crippen LogP contribution in [0.25, 0.3) is 0 Å². The Kier molecular flexibility index (Phi) is 6.72. The molecule has 138 valence electrons. The number of benzene rings is 1. The zero-order valence-electron chi connectivity index (χ0n) is 14.4. The number of carboxylic acid groups (broad SMARTS) is 1. The summed E-state index contributed by atoms with van der Waals surface area (Å²) in [4.78, 5) is 26.6. The van der Waals surface area contributed by atoms with E-state index in [1.165, 1.54) is 24.3 Å². The summed E-state index contributed by atoms with van der Waals surface area (Å²) in [5.74, 6) is -1.04. The summed E-state index contributed by atoms with van der Waals surface area (Å²) in [5, 5.41) is 8.80. The highest BCUT2D eigenvalue weighted by Gasteiger charge is 2.29. The van der Waals surface area contributed by atoms with Crippen molar-refractivity contribution in [1.82, 2.24) is 9.80 Å². The van der Waals surface area contributed by atoms with Gasteiger partial charge in [0, 0.05) is 19.6 Å². The number of ether oxygens (including phenoxy) is 2. The lowest BCUT2D eigenvalue weighted by Gasteiger charge is -2.35. The second-order valence-electron chi connectivity index (χ2n) is 6.08. The molecule has 0 bridgehead atoms. The molecule has 2 atom stereocenters. The highest BCUT2D eigenvalue weighted by atomic mass is 19.1. The Balaban J connectivity index is 1.87. The fourth-order valence-corrected chi connectivity index (χ4v) is 2.70. The van der Waals surface area contributed by atoms with Crippen molar-refractivity contribution in [3.05, 3.63) is 30.1 Å². The maximum Gasteiger partial charge on any atom is 0.317 e. The average molecular weight is 354 g/mol. The number of likely N-dealkylation sites (N-methyl/N-ethyl adjacent to an activating group) is 1. The van der Waals surface area contributed by atoms with Crippen molar-refractivity contribution < 1.29 is 28.6 Å². The third kappa shape index (κ3) is 5.99. The van der Waals surface area contributed by atoms with Gasteiger partial charge in [0.15, 0.2) is 6.10 Å². The Hall–Kier alpha value is -2.19. The zero-order valence-corrected chi connectivity index (χ0v) is 14.4. The molecule has 0 saturated carbocycles. The van der Waals surface area contributed by atoms with Crippen molar-refractivity contribution in [2.45, 2.75) is 19.1 Å². The first-order valence-corrected chi connectivity index (χ1v) is 8.08. The van der Waals surface area contributed by atoms with Crippen molar-refractivity contribution in [3.8, 4) is 5.75 Å². The molecule has 1 aromatic carbocycles. The molecule has 0 radical (unpaired) electrons. The number of rotatable bonds is 7. The predicted molar refractivity (Wildman–Crippen MR) is 87.9 cm³/mol. The Labute approximate surface area is 145 Å². The van der Waals surface area contributed by atoms with Gasteiger partial charge in [-0.2, -0.15) is 0 Å². The van der Waals surface area contributed by atoms with E-state index in [4.69, 9.17) is 14.6 Å². The molecule has 2 rings (SSSR count). The predicted octanol–water partition coefficient (Wildman–Crippen LogP) is 0.837. The number of amides is 1. The standard InChI is InChI=1S/C17H23FN2O5/c1-12(25-14-5-3-13(18)4-6-14)17(23)20-7-8-24-15(10-20)9-19(2)11-16(21)22/h3-6,12,15H,7-11H2,1-2H3,(H,21,22). The quantitative estimate of drug-likeness (QED) is 0.782. The molecular weight excluding hydrogens is 331 g/mol. The number of nitrogens with zero attached hydrogens (tertiary/aromatic N) is 2. The molecule has 8 heteroatoms. The lowest BCUT2D eigenvalue weighted by atomic mass is 10.2. The number of carbonyl (C=O) groups excluding carboxylic acids is 1. The summed E-state index contributed by atoms with van der Waals surface area (Å²) in [6.45, 7) is 3.20. The van der Waals surface area contributed by atoms with E-state index in [1.807, 2.05) is 0 Å². The topological polar surface area (TPSA) is 79.3 Å². The molecule has 2 unspecified atom stereocenters. The average Bonchev–Trinajstić information content (AvgIpc) is 2.55. The van der Waals surface area contributed by atoms with Gasteiger partial charge in [-0.05, 0) is 38.2 Å². The van der Waals surface area contributed by atoms with Crippen LogP contribution in [0.1, 0.15) is 6.92 Å². The van der Waals surface area contributed by atoms with Gasteiger partial charge in [0.25, 0.3) is 5.91 Å². The summed E-state index contributed by atoms with van der Waals surface area (Å²) < 4.78 is 24.1. The molecule has 0 spiro atoms. The summed E-state index contributed by atoms with van der Waals surface area (Å²) in [7, 11) is 1.69. The third-order valence-electron chi connectivity index (χ3n) is 3.85. The van der Waals surface area contributed by atoms with Crippen molar-refractivity contribution in [2.24, 2.45) is 0 Å². The minimum atomic E-state index is -0.910. The van der Waals surface area contributed by atoms with Crippen molar-refractivity contribution in [3.63, 3.8) is 0 Å². The number of aliphatic carboxylic acids is 1. The SMILES string of the molecule is CC(Oc1ccc(F)cc1)C(=O)N1CCOC(CN(C)CC(=O)O)C1. The third-order valence-corrected chi connectivity index (χ3v) is 3.85. The Morgan fingerprint density at radius 2 is 2.12 bits per heavy atom. The summed E-state index contributed by atoms with van der Waals surface area (Å²) in [6.07, 6.45) is -0.957. The number of hydrogen-bond acceptors (Lipinski definition) is 5. The highest BCUT2D eigenvalue weighted by Crippen LogP contribution is 2.15. The first kappa shape index (κ1) is 19.1. The molecule has 0 aromatic heterocycles. The van der Waals surface area contributed by atoms with Gasteiger partial charge in [0.1, 0.15) is 11.6 Å². The van der Waals surface area contributed by atoms with E-state index in [2.05, 4.69) is 0 Å². The largest absolute Gasteiger partial charge is 0.481 e. The van der Waals surface area contributed by atoms with Crippen LogP contribution in [-0.4, -0.2) is 78.8 Å². The van der Waals surface area contributed by atoms with Gasteiger partial charge in [-0.1, -0.05) is 0 Å². The highest BCUT2D eigenvalue weighted by molar-refractivity contribution is 5.81. The number of hydrogen-bond donors (Lipinski definition) is 1. The smallest absolute Gasteiger partial charge is 0.317 e. The first-order chi connectivity index (χ1) is 11.8. The minimum absolute atomic E-state index is 0.0854. The molecule has 1 heterocycles. The van der Waals surface area contributed by atoms with Gasteiger partial charge in [0.2, 0.25) is 0 Å². The van der Waals surface area contributed by atoms with Crippen LogP contribution < -0.4 is 4.74 Å². The van der Waals surface area contributed by atoms with Crippen LogP contribution in [0.3, 0.4) is 0 Å². The molecule has 1 fully saturated rings. The lowest BCUT2D eigenvalue weighted by Crippen LogP contribution is -2.52. The Bertz CT molecular complexity index is 595. The molecule has 25 heavy (non-hydrogen) atoms. The van der Waals surface area contributed by atoms with Crippen LogP contribution in [0.4, 0.5) is 4.39 Å². The number of carbonyl (C=O) groups is 2. The van der Waals surface area contributed by atoms with E-state index in [9.17, 15) is 14.0 Å². The van der Waals surface area contributed by atoms with E-state index >= 15 is 0 Å². The van der Waals surface area contributed by atoms with Crippen molar-refractivity contribution in [2.75, 3.05) is 39.8 Å². The van der Waals surface area contributed by atoms with Crippen molar-refractivity contribution in [1.29, 1.82) is 0 Å². The van der Waals surface area contributed by atoms with E-state index in [0.717, 1.165) is 0 Å². The monoisotopic (exact) mass is 354 g/mol. The van der Waals surface area contributed by atoms with E-state index in [-0.39, 0.29) is 24.4 Å². The van der Waals surface area contributed by atoms with E-state index in [1.54, 1.807) is 23.8 Å². The van der Waals surface area contributed by atoms with E-state index < -0.39 is 12.1 Å². The van der Waals surface area contributed by atoms with Crippen LogP contribution in [0, 0.1) is 5.82 Å². The molecule has 1 N–H and O–H groups in total. The van der Waals surface area contributed by atoms with E-state index in [0.29, 0.717) is 32.0 Å². The van der Waals surface area contributed by atoms with Crippen LogP contribution in [0.2, 0.25) is 0 Å². The zero-order chi connectivity index (χ0) is 18.4. The number of carboxylic acids is 1. The lowest BCUT2D eigenvalue weighted by molar-refractivity contribution is -0.147. The fourth-order valence-electron chi connectivity index (χ4n) is 2.70. The van der Waals surface area contributed by atoms with Gasteiger partial charge >= 0.3 is 5.97 Å². The maximum absolute atomic E-state index is 12.9. The van der Waals surface area contributed by atoms with Crippen LogP contribution in [0.15, 0.2) is 24.3 Å². The van der Waals surface area contributed by atoms with Gasteiger partial charge in [0.05, 0.1) is 19.3 Å². The minimum Gasteiger partial charge on any atom is -0.481 e. The molecule has 7 nitrogen and oxygen atoms in total. The maximum atomic E-state index is 12.9. The van der Waals surface area contributed by atoms with Gasteiger partial charge in [-0.3, -0.25) is 14.5 Å². The molecule has 0 aliphatic carbocycles. The second kappa shape index (κ2) is 8.77. The molecule has 1 aromatic rings. The molecular formula is C17H23FN2O5. The number of halogens is 1. The Morgan fingerprint density at radius 3 is 2.76 bits per heavy atom. The van der Waals surface area contributed by atoms with Gasteiger partial charge < -0.3 is 19.5 Å². The summed E-state index contributed by atoms with van der Waals surface area (Å²) in [5.41, 5.74) is 0. The van der Waals surface area contributed by atoms with Gasteiger partial charge in [-0.25, -0.2) is 4.39 Å².